The maximum absolute atomic E-state index is 13.2. The van der Waals surface area contributed by atoms with Crippen molar-refractivity contribution in [2.24, 2.45) is 0 Å². The first-order valence-corrected chi connectivity index (χ1v) is 12.9. The standard InChI is InChI=1S/C24H26N2O4S2/c1-2-18-8-10-19(11-9-18)23(22-7-4-16-31-22)25-24(27)20-5-3-6-21(17-20)32(28,29)26-12-14-30-15-13-26/h3-11,16-17,23H,2,12-15H2,1H3,(H,25,27)/t23-/m1/s1. The van der Waals surface area contributed by atoms with Crippen molar-refractivity contribution in [3.8, 4) is 0 Å². The second kappa shape index (κ2) is 9.95. The van der Waals surface area contributed by atoms with Crippen LogP contribution in [0.2, 0.25) is 0 Å². The van der Waals surface area contributed by atoms with Gasteiger partial charge in [0.05, 0.1) is 24.2 Å². The Morgan fingerprint density at radius 3 is 2.50 bits per heavy atom. The second-order valence-corrected chi connectivity index (χ2v) is 10.5. The van der Waals surface area contributed by atoms with Crippen molar-refractivity contribution in [1.82, 2.24) is 9.62 Å². The maximum Gasteiger partial charge on any atom is 0.252 e. The largest absolute Gasteiger partial charge is 0.379 e. The second-order valence-electron chi connectivity index (χ2n) is 7.56. The van der Waals surface area contributed by atoms with E-state index >= 15 is 0 Å². The van der Waals surface area contributed by atoms with Crippen molar-refractivity contribution in [3.05, 3.63) is 87.6 Å². The number of hydrogen-bond acceptors (Lipinski definition) is 5. The molecule has 6 nitrogen and oxygen atoms in total. The number of morpholine rings is 1. The number of rotatable bonds is 7. The quantitative estimate of drug-likeness (QED) is 0.569. The van der Waals surface area contributed by atoms with Gasteiger partial charge in [0.15, 0.2) is 0 Å². The highest BCUT2D eigenvalue weighted by Crippen LogP contribution is 2.27. The fourth-order valence-corrected chi connectivity index (χ4v) is 5.93. The number of carbonyl (C=O) groups is 1. The van der Waals surface area contributed by atoms with Crippen LogP contribution >= 0.6 is 11.3 Å². The van der Waals surface area contributed by atoms with Crippen LogP contribution in [0.15, 0.2) is 70.9 Å². The van der Waals surface area contributed by atoms with E-state index in [0.29, 0.717) is 31.9 Å². The normalized spacial score (nSPS) is 15.9. The van der Waals surface area contributed by atoms with Gasteiger partial charge in [-0.2, -0.15) is 4.31 Å². The zero-order valence-corrected chi connectivity index (χ0v) is 19.5. The van der Waals surface area contributed by atoms with Crippen molar-refractivity contribution >= 4 is 27.3 Å². The number of amides is 1. The lowest BCUT2D eigenvalue weighted by Crippen LogP contribution is -2.40. The lowest BCUT2D eigenvalue weighted by Gasteiger charge is -2.26. The minimum Gasteiger partial charge on any atom is -0.379 e. The number of nitrogens with zero attached hydrogens (tertiary/aromatic N) is 1. The van der Waals surface area contributed by atoms with E-state index in [9.17, 15) is 13.2 Å². The van der Waals surface area contributed by atoms with Crippen LogP contribution in [0.1, 0.15) is 39.3 Å². The summed E-state index contributed by atoms with van der Waals surface area (Å²) in [5.41, 5.74) is 2.52. The highest BCUT2D eigenvalue weighted by Gasteiger charge is 2.27. The molecule has 2 aromatic carbocycles. The summed E-state index contributed by atoms with van der Waals surface area (Å²) in [6.45, 7) is 3.48. The molecule has 0 spiro atoms. The maximum atomic E-state index is 13.2. The molecule has 0 unspecified atom stereocenters. The molecule has 168 valence electrons. The third-order valence-corrected chi connectivity index (χ3v) is 8.36. The number of thiophene rings is 1. The average Bonchev–Trinajstić information content (AvgIpc) is 3.38. The van der Waals surface area contributed by atoms with Crippen molar-refractivity contribution < 1.29 is 17.9 Å². The SMILES string of the molecule is CCc1ccc([C@@H](NC(=O)c2cccc(S(=O)(=O)N3CCOCC3)c2)c2cccs2)cc1. The van der Waals surface area contributed by atoms with E-state index in [4.69, 9.17) is 4.74 Å². The van der Waals surface area contributed by atoms with Gasteiger partial charge in [-0.1, -0.05) is 43.3 Å². The Morgan fingerprint density at radius 2 is 1.84 bits per heavy atom. The van der Waals surface area contributed by atoms with Gasteiger partial charge in [-0.25, -0.2) is 8.42 Å². The summed E-state index contributed by atoms with van der Waals surface area (Å²) in [5, 5.41) is 5.07. The molecule has 1 N–H and O–H groups in total. The van der Waals surface area contributed by atoms with Crippen LogP contribution < -0.4 is 5.32 Å². The lowest BCUT2D eigenvalue weighted by atomic mass is 10.0. The molecule has 0 saturated carbocycles. The fourth-order valence-electron chi connectivity index (χ4n) is 3.67. The topological polar surface area (TPSA) is 75.7 Å². The molecule has 8 heteroatoms. The molecule has 32 heavy (non-hydrogen) atoms. The third kappa shape index (κ3) is 4.94. The number of sulfonamides is 1. The molecule has 1 saturated heterocycles. The minimum absolute atomic E-state index is 0.118. The highest BCUT2D eigenvalue weighted by atomic mass is 32.2. The lowest BCUT2D eigenvalue weighted by molar-refractivity contribution is 0.0730. The Morgan fingerprint density at radius 1 is 1.09 bits per heavy atom. The third-order valence-electron chi connectivity index (χ3n) is 5.53. The van der Waals surface area contributed by atoms with E-state index in [0.717, 1.165) is 16.9 Å². The first-order valence-electron chi connectivity index (χ1n) is 10.6. The number of aryl methyl sites for hydroxylation is 1. The highest BCUT2D eigenvalue weighted by molar-refractivity contribution is 7.89. The molecule has 4 rings (SSSR count). The Labute approximate surface area is 192 Å². The van der Waals surface area contributed by atoms with E-state index < -0.39 is 10.0 Å². The summed E-state index contributed by atoms with van der Waals surface area (Å²) in [4.78, 5) is 14.3. The van der Waals surface area contributed by atoms with Crippen LogP contribution in [-0.4, -0.2) is 44.9 Å². The van der Waals surface area contributed by atoms with E-state index in [1.54, 1.807) is 23.5 Å². The number of benzene rings is 2. The summed E-state index contributed by atoms with van der Waals surface area (Å²) in [5.74, 6) is -0.318. The van der Waals surface area contributed by atoms with Gasteiger partial charge in [0.2, 0.25) is 10.0 Å². The first kappa shape index (κ1) is 22.7. The first-order chi connectivity index (χ1) is 15.5. The predicted octanol–water partition coefficient (Wildman–Crippen LogP) is 3.85. The molecule has 1 atom stereocenters. The van der Waals surface area contributed by atoms with Crippen LogP contribution in [0.5, 0.6) is 0 Å². The monoisotopic (exact) mass is 470 g/mol. The molecule has 0 radical (unpaired) electrons. The molecule has 1 aliphatic heterocycles. The number of hydrogen-bond donors (Lipinski definition) is 1. The fraction of sp³-hybridized carbons (Fsp3) is 0.292. The zero-order chi connectivity index (χ0) is 22.6. The van der Waals surface area contributed by atoms with Gasteiger partial charge in [-0.05, 0) is 47.2 Å². The Kier molecular flexibility index (Phi) is 7.05. The molecule has 1 amide bonds. The van der Waals surface area contributed by atoms with E-state index in [2.05, 4.69) is 24.4 Å². The predicted molar refractivity (Wildman–Crippen MR) is 125 cm³/mol. The van der Waals surface area contributed by atoms with Crippen LogP contribution in [-0.2, 0) is 21.2 Å². The summed E-state index contributed by atoms with van der Waals surface area (Å²) in [7, 11) is -3.67. The van der Waals surface area contributed by atoms with Gasteiger partial charge in [-0.3, -0.25) is 4.79 Å². The molecular formula is C24H26N2O4S2. The van der Waals surface area contributed by atoms with Gasteiger partial charge in [0.25, 0.3) is 5.91 Å². The molecule has 1 aliphatic rings. The number of nitrogens with one attached hydrogen (secondary N) is 1. The molecular weight excluding hydrogens is 444 g/mol. The zero-order valence-electron chi connectivity index (χ0n) is 17.9. The summed E-state index contributed by atoms with van der Waals surface area (Å²) in [6, 6.07) is 18.1. The molecule has 0 aliphatic carbocycles. The Bertz CT molecular complexity index is 1150. The summed E-state index contributed by atoms with van der Waals surface area (Å²) < 4.78 is 32.6. The van der Waals surface area contributed by atoms with Gasteiger partial charge in [-0.15, -0.1) is 11.3 Å². The van der Waals surface area contributed by atoms with Crippen LogP contribution in [0, 0.1) is 0 Å². The van der Waals surface area contributed by atoms with Crippen molar-refractivity contribution in [2.75, 3.05) is 26.3 Å². The molecule has 2 heterocycles. The van der Waals surface area contributed by atoms with E-state index in [-0.39, 0.29) is 16.8 Å². The van der Waals surface area contributed by atoms with Crippen molar-refractivity contribution in [3.63, 3.8) is 0 Å². The molecule has 3 aromatic rings. The van der Waals surface area contributed by atoms with Gasteiger partial charge in [0, 0.05) is 23.5 Å². The molecule has 1 fully saturated rings. The van der Waals surface area contributed by atoms with Crippen LogP contribution in [0.25, 0.3) is 0 Å². The number of carbonyl (C=O) groups excluding carboxylic acids is 1. The summed E-state index contributed by atoms with van der Waals surface area (Å²) in [6.07, 6.45) is 0.945. The van der Waals surface area contributed by atoms with Gasteiger partial charge < -0.3 is 10.1 Å². The Balaban J connectivity index is 1.59. The number of ether oxygens (including phenoxy) is 1. The van der Waals surface area contributed by atoms with E-state index in [1.165, 1.54) is 22.0 Å². The average molecular weight is 471 g/mol. The summed E-state index contributed by atoms with van der Waals surface area (Å²) >= 11 is 1.57. The van der Waals surface area contributed by atoms with E-state index in [1.807, 2.05) is 29.6 Å². The van der Waals surface area contributed by atoms with Crippen molar-refractivity contribution in [2.45, 2.75) is 24.3 Å². The van der Waals surface area contributed by atoms with Gasteiger partial charge >= 0.3 is 0 Å². The van der Waals surface area contributed by atoms with Crippen molar-refractivity contribution in [1.29, 1.82) is 0 Å². The Hall–Kier alpha value is -2.52. The molecule has 1 aromatic heterocycles. The van der Waals surface area contributed by atoms with Gasteiger partial charge in [0.1, 0.15) is 0 Å². The smallest absolute Gasteiger partial charge is 0.252 e. The minimum atomic E-state index is -3.67. The van der Waals surface area contributed by atoms with Crippen LogP contribution in [0.4, 0.5) is 0 Å². The van der Waals surface area contributed by atoms with Crippen LogP contribution in [0.3, 0.4) is 0 Å². The molecule has 0 bridgehead atoms.